The highest BCUT2D eigenvalue weighted by atomic mass is 16.1. The first-order valence-electron chi connectivity index (χ1n) is 6.91. The van der Waals surface area contributed by atoms with Crippen LogP contribution in [0.5, 0.6) is 0 Å². The molecular formula is C16H24N2O. The van der Waals surface area contributed by atoms with E-state index in [2.05, 4.69) is 33.0 Å². The highest BCUT2D eigenvalue weighted by molar-refractivity contribution is 5.96. The molecule has 3 nitrogen and oxygen atoms in total. The van der Waals surface area contributed by atoms with Crippen LogP contribution in [0.3, 0.4) is 0 Å². The van der Waals surface area contributed by atoms with Crippen molar-refractivity contribution in [1.82, 2.24) is 5.32 Å². The summed E-state index contributed by atoms with van der Waals surface area (Å²) in [4.78, 5) is 12.4. The molecule has 1 fully saturated rings. The van der Waals surface area contributed by atoms with Crippen LogP contribution >= 0.6 is 0 Å². The fraction of sp³-hybridized carbons (Fsp3) is 0.562. The molecule has 1 aliphatic rings. The van der Waals surface area contributed by atoms with E-state index in [1.54, 1.807) is 0 Å². The Morgan fingerprint density at radius 1 is 1.21 bits per heavy atom. The van der Waals surface area contributed by atoms with E-state index in [0.717, 1.165) is 17.5 Å². The van der Waals surface area contributed by atoms with Gasteiger partial charge in [-0.2, -0.15) is 0 Å². The molecule has 1 aromatic carbocycles. The Bertz CT molecular complexity index is 477. The van der Waals surface area contributed by atoms with Gasteiger partial charge in [-0.05, 0) is 35.4 Å². The zero-order valence-corrected chi connectivity index (χ0v) is 12.3. The molecule has 0 spiro atoms. The van der Waals surface area contributed by atoms with E-state index in [-0.39, 0.29) is 22.8 Å². The number of carbonyl (C=O) groups is 1. The first kappa shape index (κ1) is 14.1. The van der Waals surface area contributed by atoms with Gasteiger partial charge in [-0.15, -0.1) is 0 Å². The molecule has 1 aliphatic carbocycles. The molecule has 0 heterocycles. The summed E-state index contributed by atoms with van der Waals surface area (Å²) >= 11 is 0. The normalized spacial score (nSPS) is 20.1. The van der Waals surface area contributed by atoms with Crippen LogP contribution in [0.2, 0.25) is 0 Å². The minimum absolute atomic E-state index is 0.0210. The van der Waals surface area contributed by atoms with Gasteiger partial charge in [-0.1, -0.05) is 45.9 Å². The lowest BCUT2D eigenvalue weighted by atomic mass is 10.0. The number of nitrogens with one attached hydrogen (secondary N) is 1. The van der Waals surface area contributed by atoms with E-state index in [4.69, 9.17) is 5.73 Å². The predicted molar refractivity (Wildman–Crippen MR) is 78.0 cm³/mol. The second-order valence-electron chi connectivity index (χ2n) is 6.55. The summed E-state index contributed by atoms with van der Waals surface area (Å²) in [6.45, 7) is 9.35. The van der Waals surface area contributed by atoms with Gasteiger partial charge in [0.05, 0.1) is 0 Å². The number of benzene rings is 1. The number of nitrogens with two attached hydrogens (primary N) is 1. The average molecular weight is 260 g/mol. The lowest BCUT2D eigenvalue weighted by molar-refractivity contribution is 0.0942. The van der Waals surface area contributed by atoms with Crippen LogP contribution in [0.1, 0.15) is 43.6 Å². The smallest absolute Gasteiger partial charge is 0.251 e. The first-order valence-corrected chi connectivity index (χ1v) is 6.91. The lowest BCUT2D eigenvalue weighted by Crippen LogP contribution is -2.30. The number of hydrogen-bond donors (Lipinski definition) is 2. The Morgan fingerprint density at radius 3 is 2.32 bits per heavy atom. The molecule has 0 radical (unpaired) electrons. The van der Waals surface area contributed by atoms with Crippen molar-refractivity contribution in [3.05, 3.63) is 35.4 Å². The van der Waals surface area contributed by atoms with E-state index in [1.165, 1.54) is 0 Å². The number of amides is 1. The van der Waals surface area contributed by atoms with E-state index in [9.17, 15) is 4.79 Å². The molecule has 0 saturated heterocycles. The van der Waals surface area contributed by atoms with Gasteiger partial charge in [0.15, 0.2) is 0 Å². The Hall–Kier alpha value is -1.35. The Balaban J connectivity index is 2.14. The van der Waals surface area contributed by atoms with Crippen LogP contribution in [0.15, 0.2) is 24.3 Å². The maximum atomic E-state index is 12.4. The first-order chi connectivity index (χ1) is 8.82. The molecule has 1 amide bonds. The SMILES string of the molecule is CC1(C)C(NC(=O)c2ccccc2CCN)C1(C)C. The van der Waals surface area contributed by atoms with Gasteiger partial charge in [0.1, 0.15) is 0 Å². The second kappa shape index (κ2) is 4.64. The van der Waals surface area contributed by atoms with E-state index in [0.29, 0.717) is 6.54 Å². The van der Waals surface area contributed by atoms with Gasteiger partial charge >= 0.3 is 0 Å². The summed E-state index contributed by atoms with van der Waals surface area (Å²) in [5, 5.41) is 3.17. The van der Waals surface area contributed by atoms with Crippen molar-refractivity contribution in [3.63, 3.8) is 0 Å². The van der Waals surface area contributed by atoms with Crippen LogP contribution in [0.25, 0.3) is 0 Å². The van der Waals surface area contributed by atoms with Crippen molar-refractivity contribution in [2.45, 2.75) is 40.2 Å². The molecule has 1 aromatic rings. The van der Waals surface area contributed by atoms with Crippen LogP contribution in [0, 0.1) is 10.8 Å². The van der Waals surface area contributed by atoms with Crippen molar-refractivity contribution in [1.29, 1.82) is 0 Å². The van der Waals surface area contributed by atoms with Crippen molar-refractivity contribution >= 4 is 5.91 Å². The minimum atomic E-state index is 0.0210. The largest absolute Gasteiger partial charge is 0.348 e. The number of hydrogen-bond acceptors (Lipinski definition) is 2. The van der Waals surface area contributed by atoms with E-state index < -0.39 is 0 Å². The highest BCUT2D eigenvalue weighted by Crippen LogP contribution is 2.62. The van der Waals surface area contributed by atoms with E-state index >= 15 is 0 Å². The van der Waals surface area contributed by atoms with Crippen LogP contribution in [-0.4, -0.2) is 18.5 Å². The standard InChI is InChI=1S/C16H24N2O/c1-15(2)14(16(15,3)4)18-13(19)12-8-6-5-7-11(12)9-10-17/h5-8,14H,9-10,17H2,1-4H3,(H,18,19). The lowest BCUT2D eigenvalue weighted by Gasteiger charge is -2.10. The molecule has 0 bridgehead atoms. The summed E-state index contributed by atoms with van der Waals surface area (Å²) in [6.07, 6.45) is 0.737. The topological polar surface area (TPSA) is 55.1 Å². The second-order valence-corrected chi connectivity index (χ2v) is 6.55. The third kappa shape index (κ3) is 2.27. The molecule has 104 valence electrons. The fourth-order valence-corrected chi connectivity index (χ4v) is 2.88. The highest BCUT2D eigenvalue weighted by Gasteiger charge is 2.65. The monoisotopic (exact) mass is 260 g/mol. The molecule has 19 heavy (non-hydrogen) atoms. The minimum Gasteiger partial charge on any atom is -0.348 e. The van der Waals surface area contributed by atoms with Gasteiger partial charge in [-0.25, -0.2) is 0 Å². The van der Waals surface area contributed by atoms with Gasteiger partial charge in [0.2, 0.25) is 0 Å². The number of carbonyl (C=O) groups excluding carboxylic acids is 1. The molecule has 1 saturated carbocycles. The summed E-state index contributed by atoms with van der Waals surface area (Å²) < 4.78 is 0. The van der Waals surface area contributed by atoms with E-state index in [1.807, 2.05) is 24.3 Å². The Morgan fingerprint density at radius 2 is 1.79 bits per heavy atom. The van der Waals surface area contributed by atoms with Crippen LogP contribution in [0.4, 0.5) is 0 Å². The molecule has 0 aliphatic heterocycles. The van der Waals surface area contributed by atoms with Crippen LogP contribution in [-0.2, 0) is 6.42 Å². The van der Waals surface area contributed by atoms with Gasteiger partial charge < -0.3 is 11.1 Å². The van der Waals surface area contributed by atoms with Crippen molar-refractivity contribution < 1.29 is 4.79 Å². The molecule has 0 atom stereocenters. The molecule has 0 aromatic heterocycles. The predicted octanol–water partition coefficient (Wildman–Crippen LogP) is 2.35. The Kier molecular flexibility index (Phi) is 3.43. The summed E-state index contributed by atoms with van der Waals surface area (Å²) in [5.74, 6) is 0.0210. The fourth-order valence-electron chi connectivity index (χ4n) is 2.88. The van der Waals surface area contributed by atoms with Gasteiger partial charge in [-0.3, -0.25) is 4.79 Å². The molecule has 3 heteroatoms. The zero-order valence-electron chi connectivity index (χ0n) is 12.3. The molecule has 2 rings (SSSR count). The molecular weight excluding hydrogens is 236 g/mol. The van der Waals surface area contributed by atoms with Crippen LogP contribution < -0.4 is 11.1 Å². The van der Waals surface area contributed by atoms with Crippen molar-refractivity contribution in [2.24, 2.45) is 16.6 Å². The summed E-state index contributed by atoms with van der Waals surface area (Å²) in [7, 11) is 0. The third-order valence-corrected chi connectivity index (χ3v) is 4.97. The zero-order chi connectivity index (χ0) is 14.3. The van der Waals surface area contributed by atoms with Gasteiger partial charge in [0.25, 0.3) is 5.91 Å². The number of rotatable bonds is 4. The maximum absolute atomic E-state index is 12.4. The Labute approximate surface area is 115 Å². The van der Waals surface area contributed by atoms with Crippen molar-refractivity contribution in [2.75, 3.05) is 6.54 Å². The summed E-state index contributed by atoms with van der Waals surface area (Å²) in [5.41, 5.74) is 7.70. The molecule has 0 unspecified atom stereocenters. The average Bonchev–Trinajstić information content (AvgIpc) is 2.73. The van der Waals surface area contributed by atoms with Gasteiger partial charge in [0, 0.05) is 11.6 Å². The summed E-state index contributed by atoms with van der Waals surface area (Å²) in [6, 6.07) is 7.94. The maximum Gasteiger partial charge on any atom is 0.251 e. The van der Waals surface area contributed by atoms with Crippen molar-refractivity contribution in [3.8, 4) is 0 Å². The third-order valence-electron chi connectivity index (χ3n) is 4.97. The molecule has 3 N–H and O–H groups in total. The quantitative estimate of drug-likeness (QED) is 0.873.